The smallest absolute Gasteiger partial charge is 0.428 e. The van der Waals surface area contributed by atoms with Crippen LogP contribution in [-0.4, -0.2) is 24.4 Å². The van der Waals surface area contributed by atoms with Gasteiger partial charge in [0, 0.05) is 0 Å². The Morgan fingerprint density at radius 1 is 1.20 bits per heavy atom. The van der Waals surface area contributed by atoms with E-state index in [0.29, 0.717) is 5.56 Å². The molecule has 0 unspecified atom stereocenters. The van der Waals surface area contributed by atoms with Crippen LogP contribution in [0.1, 0.15) is 12.5 Å². The quantitative estimate of drug-likeness (QED) is 0.618. The summed E-state index contributed by atoms with van der Waals surface area (Å²) in [4.78, 5) is 11.4. The summed E-state index contributed by atoms with van der Waals surface area (Å²) in [5, 5.41) is 0. The maximum Gasteiger partial charge on any atom is 0.428 e. The van der Waals surface area contributed by atoms with Gasteiger partial charge in [-0.1, -0.05) is 30.3 Å². The van der Waals surface area contributed by atoms with Crippen LogP contribution in [0.15, 0.2) is 30.3 Å². The Morgan fingerprint density at radius 2 is 1.75 bits per heavy atom. The van der Waals surface area contributed by atoms with Gasteiger partial charge in [0.15, 0.2) is 0 Å². The second-order valence-electron chi connectivity index (χ2n) is 3.97. The number of esters is 1. The highest BCUT2D eigenvalue weighted by atomic mass is 19.4. The Balaban J connectivity index is 2.79. The molecule has 0 saturated heterocycles. The second-order valence-corrected chi connectivity index (χ2v) is 3.97. The normalized spacial score (nSPS) is 14.9. The monoisotopic (exact) mass is 298 g/mol. The van der Waals surface area contributed by atoms with E-state index in [1.807, 2.05) is 0 Å². The Hall–Kier alpha value is -1.70. The molecule has 1 aromatic carbocycles. The Labute approximate surface area is 111 Å². The van der Waals surface area contributed by atoms with Crippen LogP contribution in [0.4, 0.5) is 22.0 Å². The summed E-state index contributed by atoms with van der Waals surface area (Å²) >= 11 is 0. The lowest BCUT2D eigenvalue weighted by Gasteiger charge is -2.29. The molecule has 20 heavy (non-hydrogen) atoms. The van der Waals surface area contributed by atoms with Crippen LogP contribution in [0.2, 0.25) is 0 Å². The minimum absolute atomic E-state index is 0.201. The van der Waals surface area contributed by atoms with Crippen molar-refractivity contribution in [3.05, 3.63) is 35.9 Å². The summed E-state index contributed by atoms with van der Waals surface area (Å²) in [6, 6.07) is 7.84. The van der Waals surface area contributed by atoms with Gasteiger partial charge < -0.3 is 4.74 Å². The standard InChI is InChI=1S/C12H11F5O3/c1-11(12(15,16)17,20-10(13)14)9(18)19-7-8-5-3-2-4-6-8/h2-6,10H,7H2,1H3/t11-/m1/s1. The third-order valence-corrected chi connectivity index (χ3v) is 2.47. The van der Waals surface area contributed by atoms with Crippen molar-refractivity contribution < 1.29 is 36.2 Å². The van der Waals surface area contributed by atoms with Gasteiger partial charge in [0.25, 0.3) is 5.60 Å². The molecule has 112 valence electrons. The lowest BCUT2D eigenvalue weighted by atomic mass is 10.1. The number of hydrogen-bond donors (Lipinski definition) is 0. The number of carbonyl (C=O) groups excluding carboxylic acids is 1. The molecule has 3 nitrogen and oxygen atoms in total. The van der Waals surface area contributed by atoms with Gasteiger partial charge in [0.1, 0.15) is 6.61 Å². The van der Waals surface area contributed by atoms with Crippen LogP contribution in [0.5, 0.6) is 0 Å². The van der Waals surface area contributed by atoms with E-state index in [1.165, 1.54) is 12.1 Å². The van der Waals surface area contributed by atoms with Crippen molar-refractivity contribution in [3.8, 4) is 0 Å². The summed E-state index contributed by atoms with van der Waals surface area (Å²) in [6.07, 6.45) is -5.32. The third-order valence-electron chi connectivity index (χ3n) is 2.47. The average molecular weight is 298 g/mol. The molecule has 1 aromatic rings. The first-order valence-corrected chi connectivity index (χ1v) is 5.40. The molecule has 0 aliphatic rings. The number of alkyl halides is 5. The number of halogens is 5. The minimum atomic E-state index is -5.32. The predicted molar refractivity (Wildman–Crippen MR) is 57.8 cm³/mol. The highest BCUT2D eigenvalue weighted by Gasteiger charge is 2.61. The fraction of sp³-hybridized carbons (Fsp3) is 0.417. The van der Waals surface area contributed by atoms with Crippen LogP contribution in [0, 0.1) is 0 Å². The highest BCUT2D eigenvalue weighted by molar-refractivity contribution is 5.80. The molecule has 0 heterocycles. The summed E-state index contributed by atoms with van der Waals surface area (Å²) in [7, 11) is 0. The first kappa shape index (κ1) is 16.4. The van der Waals surface area contributed by atoms with Gasteiger partial charge in [-0.05, 0) is 12.5 Å². The SMILES string of the molecule is C[C@@](OC(F)F)(C(=O)OCc1ccccc1)C(F)(F)F. The van der Waals surface area contributed by atoms with E-state index in [9.17, 15) is 26.7 Å². The summed E-state index contributed by atoms with van der Waals surface area (Å²) in [6.45, 7) is -4.03. The van der Waals surface area contributed by atoms with E-state index in [0.717, 1.165) is 0 Å². The maximum absolute atomic E-state index is 12.7. The van der Waals surface area contributed by atoms with E-state index in [-0.39, 0.29) is 6.92 Å². The van der Waals surface area contributed by atoms with Crippen molar-refractivity contribution in [1.82, 2.24) is 0 Å². The fourth-order valence-electron chi connectivity index (χ4n) is 1.27. The molecule has 0 amide bonds. The fourth-order valence-corrected chi connectivity index (χ4v) is 1.27. The summed E-state index contributed by atoms with van der Waals surface area (Å²) < 4.78 is 70.0. The van der Waals surface area contributed by atoms with Crippen LogP contribution in [0.3, 0.4) is 0 Å². The molecule has 0 spiro atoms. The minimum Gasteiger partial charge on any atom is -0.458 e. The predicted octanol–water partition coefficient (Wildman–Crippen LogP) is 3.29. The maximum atomic E-state index is 12.7. The zero-order chi connectivity index (χ0) is 15.4. The van der Waals surface area contributed by atoms with Crippen molar-refractivity contribution in [3.63, 3.8) is 0 Å². The molecular formula is C12H11F5O3. The molecule has 0 aliphatic heterocycles. The van der Waals surface area contributed by atoms with Crippen LogP contribution >= 0.6 is 0 Å². The van der Waals surface area contributed by atoms with Gasteiger partial charge in [-0.3, -0.25) is 4.74 Å². The largest absolute Gasteiger partial charge is 0.458 e. The first-order valence-electron chi connectivity index (χ1n) is 5.40. The van der Waals surface area contributed by atoms with Crippen molar-refractivity contribution in [2.24, 2.45) is 0 Å². The molecule has 0 radical (unpaired) electrons. The molecule has 0 saturated carbocycles. The number of rotatable bonds is 5. The Bertz CT molecular complexity index is 446. The number of ether oxygens (including phenoxy) is 2. The van der Waals surface area contributed by atoms with E-state index >= 15 is 0 Å². The number of hydrogen-bond acceptors (Lipinski definition) is 3. The Kier molecular flexibility index (Phi) is 5.04. The first-order chi connectivity index (χ1) is 9.17. The zero-order valence-electron chi connectivity index (χ0n) is 10.3. The van der Waals surface area contributed by atoms with Gasteiger partial charge in [0.05, 0.1) is 0 Å². The average Bonchev–Trinajstić information content (AvgIpc) is 2.35. The lowest BCUT2D eigenvalue weighted by Crippen LogP contribution is -2.53. The van der Waals surface area contributed by atoms with E-state index in [1.54, 1.807) is 18.2 Å². The van der Waals surface area contributed by atoms with Gasteiger partial charge >= 0.3 is 18.8 Å². The number of carbonyl (C=O) groups is 1. The van der Waals surface area contributed by atoms with Crippen LogP contribution in [0.25, 0.3) is 0 Å². The van der Waals surface area contributed by atoms with Crippen molar-refractivity contribution in [1.29, 1.82) is 0 Å². The van der Waals surface area contributed by atoms with E-state index < -0.39 is 31.0 Å². The van der Waals surface area contributed by atoms with Crippen LogP contribution < -0.4 is 0 Å². The molecule has 0 aromatic heterocycles. The van der Waals surface area contributed by atoms with Gasteiger partial charge in [0.2, 0.25) is 0 Å². The topological polar surface area (TPSA) is 35.5 Å². The van der Waals surface area contributed by atoms with Gasteiger partial charge in [-0.25, -0.2) is 4.79 Å². The van der Waals surface area contributed by atoms with E-state index in [2.05, 4.69) is 9.47 Å². The van der Waals surface area contributed by atoms with Crippen molar-refractivity contribution in [2.45, 2.75) is 31.9 Å². The molecule has 1 atom stereocenters. The molecular weight excluding hydrogens is 287 g/mol. The Morgan fingerprint density at radius 3 is 2.20 bits per heavy atom. The molecule has 1 rings (SSSR count). The van der Waals surface area contributed by atoms with Crippen molar-refractivity contribution in [2.75, 3.05) is 0 Å². The van der Waals surface area contributed by atoms with E-state index in [4.69, 9.17) is 0 Å². The zero-order valence-corrected chi connectivity index (χ0v) is 10.3. The molecule has 0 N–H and O–H groups in total. The molecule has 0 aliphatic carbocycles. The van der Waals surface area contributed by atoms with Gasteiger partial charge in [-0.2, -0.15) is 22.0 Å². The number of benzene rings is 1. The lowest BCUT2D eigenvalue weighted by molar-refractivity contribution is -0.315. The molecule has 8 heteroatoms. The van der Waals surface area contributed by atoms with Gasteiger partial charge in [-0.15, -0.1) is 0 Å². The highest BCUT2D eigenvalue weighted by Crippen LogP contribution is 2.36. The summed E-state index contributed by atoms with van der Waals surface area (Å²) in [5.74, 6) is -1.92. The molecule has 0 bridgehead atoms. The summed E-state index contributed by atoms with van der Waals surface area (Å²) in [5.41, 5.74) is -3.29. The second kappa shape index (κ2) is 6.17. The third kappa shape index (κ3) is 3.89. The van der Waals surface area contributed by atoms with Crippen molar-refractivity contribution >= 4 is 5.97 Å². The van der Waals surface area contributed by atoms with Crippen LogP contribution in [-0.2, 0) is 20.9 Å². The molecule has 0 fully saturated rings.